The molecule has 2 aliphatic carbocycles. The lowest BCUT2D eigenvalue weighted by Gasteiger charge is -2.26. The topological polar surface area (TPSA) is 32.3 Å². The molecule has 3 fully saturated rings. The van der Waals surface area contributed by atoms with Crippen LogP contribution in [-0.2, 0) is 4.79 Å². The van der Waals surface area contributed by atoms with Gasteiger partial charge in [0.15, 0.2) is 0 Å². The van der Waals surface area contributed by atoms with Gasteiger partial charge in [0.25, 0.3) is 0 Å². The van der Waals surface area contributed by atoms with Gasteiger partial charge in [0, 0.05) is 19.0 Å². The Morgan fingerprint density at radius 2 is 2.00 bits per heavy atom. The first kappa shape index (κ1) is 14.1. The van der Waals surface area contributed by atoms with Crippen LogP contribution < -0.4 is 5.32 Å². The monoisotopic (exact) mass is 272 g/mol. The molecule has 1 N–H and O–H groups in total. The van der Waals surface area contributed by atoms with Crippen molar-refractivity contribution in [3.63, 3.8) is 0 Å². The molecule has 1 saturated heterocycles. The van der Waals surface area contributed by atoms with Crippen LogP contribution in [0.3, 0.4) is 0 Å². The molecule has 18 heavy (non-hydrogen) atoms. The highest BCUT2D eigenvalue weighted by Gasteiger charge is 2.58. The van der Waals surface area contributed by atoms with E-state index in [-0.39, 0.29) is 12.4 Å². The first-order valence-electron chi connectivity index (χ1n) is 7.25. The molecule has 3 nitrogen and oxygen atoms in total. The molecule has 0 radical (unpaired) electrons. The summed E-state index contributed by atoms with van der Waals surface area (Å²) < 4.78 is 0. The second kappa shape index (κ2) is 5.38. The Balaban J connectivity index is 0.00000120. The van der Waals surface area contributed by atoms with Crippen molar-refractivity contribution in [3.8, 4) is 0 Å². The van der Waals surface area contributed by atoms with E-state index in [0.29, 0.717) is 17.2 Å². The largest absolute Gasteiger partial charge is 0.342 e. The Bertz CT molecular complexity index is 311. The average molecular weight is 273 g/mol. The van der Waals surface area contributed by atoms with Gasteiger partial charge in [-0.1, -0.05) is 0 Å². The van der Waals surface area contributed by atoms with E-state index in [1.54, 1.807) is 0 Å². The maximum atomic E-state index is 12.5. The maximum Gasteiger partial charge on any atom is 0.226 e. The van der Waals surface area contributed by atoms with Crippen LogP contribution in [0.2, 0.25) is 0 Å². The summed E-state index contributed by atoms with van der Waals surface area (Å²) in [5, 5.41) is 3.40. The second-order valence-corrected chi connectivity index (χ2v) is 6.19. The fourth-order valence-electron chi connectivity index (χ4n) is 3.38. The van der Waals surface area contributed by atoms with E-state index in [9.17, 15) is 4.79 Å². The predicted octanol–water partition coefficient (Wildman–Crippen LogP) is 2.06. The van der Waals surface area contributed by atoms with E-state index in [1.807, 2.05) is 0 Å². The number of hydrogen-bond donors (Lipinski definition) is 1. The number of piperidine rings is 1. The van der Waals surface area contributed by atoms with Crippen molar-refractivity contribution in [2.75, 3.05) is 26.2 Å². The van der Waals surface area contributed by atoms with Gasteiger partial charge in [-0.3, -0.25) is 4.79 Å². The number of halogens is 1. The minimum Gasteiger partial charge on any atom is -0.342 e. The molecular formula is C14H25ClN2O. The predicted molar refractivity (Wildman–Crippen MR) is 74.9 cm³/mol. The van der Waals surface area contributed by atoms with E-state index >= 15 is 0 Å². The summed E-state index contributed by atoms with van der Waals surface area (Å²) in [6.07, 6.45) is 6.26. The molecular weight excluding hydrogens is 248 g/mol. The zero-order valence-electron chi connectivity index (χ0n) is 11.3. The van der Waals surface area contributed by atoms with Gasteiger partial charge in [0.2, 0.25) is 5.91 Å². The number of nitrogens with zero attached hydrogens (tertiary/aromatic N) is 1. The fourth-order valence-corrected chi connectivity index (χ4v) is 3.38. The summed E-state index contributed by atoms with van der Waals surface area (Å²) in [4.78, 5) is 14.6. The number of amides is 1. The lowest BCUT2D eigenvalue weighted by molar-refractivity contribution is -0.133. The average Bonchev–Trinajstić information content (AvgIpc) is 3.25. The molecule has 1 unspecified atom stereocenters. The van der Waals surface area contributed by atoms with Gasteiger partial charge in [0.1, 0.15) is 0 Å². The summed E-state index contributed by atoms with van der Waals surface area (Å²) in [7, 11) is 0. The lowest BCUT2D eigenvalue weighted by atomic mass is 9.91. The van der Waals surface area contributed by atoms with Crippen molar-refractivity contribution in [3.05, 3.63) is 0 Å². The van der Waals surface area contributed by atoms with Gasteiger partial charge in [-0.05, 0) is 63.5 Å². The Labute approximate surface area is 116 Å². The summed E-state index contributed by atoms with van der Waals surface area (Å²) in [6.45, 7) is 6.27. The molecule has 0 aromatic heterocycles. The number of hydrogen-bond acceptors (Lipinski definition) is 2. The highest BCUT2D eigenvalue weighted by Crippen LogP contribution is 2.59. The van der Waals surface area contributed by atoms with Gasteiger partial charge < -0.3 is 10.2 Å². The van der Waals surface area contributed by atoms with E-state index in [1.165, 1.54) is 25.7 Å². The molecule has 1 atom stereocenters. The Morgan fingerprint density at radius 3 is 2.56 bits per heavy atom. The Kier molecular flexibility index (Phi) is 4.22. The normalized spacial score (nSPS) is 28.6. The molecule has 1 heterocycles. The molecule has 3 aliphatic rings. The molecule has 0 aromatic rings. The highest BCUT2D eigenvalue weighted by atomic mass is 35.5. The van der Waals surface area contributed by atoms with E-state index in [2.05, 4.69) is 17.1 Å². The van der Waals surface area contributed by atoms with E-state index in [0.717, 1.165) is 38.5 Å². The van der Waals surface area contributed by atoms with Crippen molar-refractivity contribution >= 4 is 18.3 Å². The van der Waals surface area contributed by atoms with E-state index in [4.69, 9.17) is 0 Å². The third kappa shape index (κ3) is 2.67. The van der Waals surface area contributed by atoms with E-state index < -0.39 is 0 Å². The number of carbonyl (C=O) groups is 1. The first-order chi connectivity index (χ1) is 8.25. The maximum absolute atomic E-state index is 12.5. The van der Waals surface area contributed by atoms with Gasteiger partial charge in [-0.25, -0.2) is 0 Å². The molecule has 1 amide bonds. The molecule has 0 bridgehead atoms. The first-order valence-corrected chi connectivity index (χ1v) is 7.25. The van der Waals surface area contributed by atoms with Crippen LogP contribution in [0.15, 0.2) is 0 Å². The van der Waals surface area contributed by atoms with Crippen LogP contribution in [0.25, 0.3) is 0 Å². The molecule has 2 saturated carbocycles. The Morgan fingerprint density at radius 1 is 1.33 bits per heavy atom. The zero-order valence-corrected chi connectivity index (χ0v) is 12.1. The van der Waals surface area contributed by atoms with Gasteiger partial charge in [0.05, 0.1) is 0 Å². The van der Waals surface area contributed by atoms with Crippen molar-refractivity contribution in [2.24, 2.45) is 17.3 Å². The second-order valence-electron chi connectivity index (χ2n) is 6.19. The van der Waals surface area contributed by atoms with Crippen molar-refractivity contribution in [2.45, 2.75) is 39.0 Å². The quantitative estimate of drug-likeness (QED) is 0.850. The van der Waals surface area contributed by atoms with Crippen molar-refractivity contribution in [1.29, 1.82) is 0 Å². The smallest absolute Gasteiger partial charge is 0.226 e. The third-order valence-electron chi connectivity index (χ3n) is 4.96. The summed E-state index contributed by atoms with van der Waals surface area (Å²) in [6, 6.07) is 0. The van der Waals surface area contributed by atoms with Crippen molar-refractivity contribution < 1.29 is 4.79 Å². The van der Waals surface area contributed by atoms with Crippen LogP contribution in [0.1, 0.15) is 39.0 Å². The molecule has 1 spiro atoms. The lowest BCUT2D eigenvalue weighted by Crippen LogP contribution is -2.37. The molecule has 1 aliphatic heterocycles. The van der Waals surface area contributed by atoms with Gasteiger partial charge >= 0.3 is 0 Å². The van der Waals surface area contributed by atoms with Crippen molar-refractivity contribution in [1.82, 2.24) is 10.2 Å². The molecule has 3 rings (SSSR count). The SMILES string of the molecule is CCN(CC1CC1)C(=O)C1CC12CCNCC2.Cl. The van der Waals surface area contributed by atoms with Gasteiger partial charge in [-0.15, -0.1) is 12.4 Å². The minimum atomic E-state index is 0. The molecule has 4 heteroatoms. The minimum absolute atomic E-state index is 0. The number of nitrogens with one attached hydrogen (secondary N) is 1. The summed E-state index contributed by atoms with van der Waals surface area (Å²) in [5.41, 5.74) is 0.402. The highest BCUT2D eigenvalue weighted by molar-refractivity contribution is 5.85. The molecule has 104 valence electrons. The Hall–Kier alpha value is -0.280. The van der Waals surface area contributed by atoms with Crippen LogP contribution in [0.4, 0.5) is 0 Å². The zero-order chi connectivity index (χ0) is 11.9. The van der Waals surface area contributed by atoms with Gasteiger partial charge in [-0.2, -0.15) is 0 Å². The number of rotatable bonds is 4. The summed E-state index contributed by atoms with van der Waals surface area (Å²) in [5.74, 6) is 1.64. The summed E-state index contributed by atoms with van der Waals surface area (Å²) >= 11 is 0. The molecule has 0 aromatic carbocycles. The van der Waals surface area contributed by atoms with Crippen LogP contribution >= 0.6 is 12.4 Å². The van der Waals surface area contributed by atoms with Crippen LogP contribution in [-0.4, -0.2) is 37.0 Å². The van der Waals surface area contributed by atoms with Crippen LogP contribution in [0.5, 0.6) is 0 Å². The third-order valence-corrected chi connectivity index (χ3v) is 4.96. The number of carbonyl (C=O) groups excluding carboxylic acids is 1. The fraction of sp³-hybridized carbons (Fsp3) is 0.929. The van der Waals surface area contributed by atoms with Crippen LogP contribution in [0, 0.1) is 17.3 Å². The standard InChI is InChI=1S/C14H24N2O.ClH/c1-2-16(10-11-3-4-11)13(17)12-9-14(12)5-7-15-8-6-14;/h11-12,15H,2-10H2,1H3;1H.